The smallest absolute Gasteiger partial charge is 0.296 e. The van der Waals surface area contributed by atoms with Gasteiger partial charge in [-0.25, -0.2) is 4.39 Å². The quantitative estimate of drug-likeness (QED) is 0.269. The summed E-state index contributed by atoms with van der Waals surface area (Å²) in [5.74, 6) is -3.35. The van der Waals surface area contributed by atoms with E-state index in [9.17, 15) is 23.9 Å². The van der Waals surface area contributed by atoms with Crippen LogP contribution in [0.4, 0.5) is 10.1 Å². The van der Waals surface area contributed by atoms with E-state index in [0.29, 0.717) is 37.4 Å². The highest BCUT2D eigenvalue weighted by Gasteiger charge is 2.66. The number of carbonyl (C=O) groups excluding carboxylic acids is 3. The van der Waals surface area contributed by atoms with Crippen molar-refractivity contribution in [2.45, 2.75) is 12.0 Å². The average Bonchev–Trinajstić information content (AvgIpc) is 3.28. The summed E-state index contributed by atoms with van der Waals surface area (Å²) in [6.45, 7) is 7.50. The molecule has 3 heterocycles. The number of aliphatic hydroxyl groups excluding tert-OH is 1. The molecule has 192 valence electrons. The van der Waals surface area contributed by atoms with E-state index in [1.54, 1.807) is 30.3 Å². The highest BCUT2D eigenvalue weighted by atomic mass is 19.1. The van der Waals surface area contributed by atoms with Crippen LogP contribution in [0.15, 0.2) is 66.8 Å². The zero-order valence-corrected chi connectivity index (χ0v) is 20.4. The topological polar surface area (TPSA) is 90.4 Å². The third-order valence-electron chi connectivity index (χ3n) is 7.20. The molecule has 1 atom stereocenters. The van der Waals surface area contributed by atoms with E-state index >= 15 is 0 Å². The van der Waals surface area contributed by atoms with Gasteiger partial charge in [-0.1, -0.05) is 24.3 Å². The second-order valence-corrected chi connectivity index (χ2v) is 9.26. The van der Waals surface area contributed by atoms with Gasteiger partial charge in [-0.05, 0) is 36.8 Å². The lowest BCUT2D eigenvalue weighted by atomic mass is 9.82. The van der Waals surface area contributed by atoms with Crippen LogP contribution in [0.2, 0.25) is 0 Å². The first-order valence-corrected chi connectivity index (χ1v) is 12.3. The molecule has 2 aromatic carbocycles. The van der Waals surface area contributed by atoms with Gasteiger partial charge < -0.3 is 19.6 Å². The van der Waals surface area contributed by atoms with Crippen LogP contribution in [0, 0.1) is 5.82 Å². The van der Waals surface area contributed by atoms with Crippen LogP contribution < -0.4 is 4.90 Å². The summed E-state index contributed by atoms with van der Waals surface area (Å²) in [4.78, 5) is 46.3. The van der Waals surface area contributed by atoms with Gasteiger partial charge in [0.05, 0.1) is 24.5 Å². The summed E-state index contributed by atoms with van der Waals surface area (Å²) >= 11 is 0. The zero-order chi connectivity index (χ0) is 26.2. The molecule has 9 heteroatoms. The number of hydrogen-bond donors (Lipinski definition) is 1. The Kier molecular flexibility index (Phi) is 6.66. The van der Waals surface area contributed by atoms with Crippen molar-refractivity contribution in [1.29, 1.82) is 0 Å². The number of fused-ring (bicyclic) bond motifs is 2. The molecule has 3 aliphatic heterocycles. The Morgan fingerprint density at radius 2 is 1.76 bits per heavy atom. The molecule has 0 radical (unpaired) electrons. The van der Waals surface area contributed by atoms with Gasteiger partial charge in [-0.2, -0.15) is 0 Å². The van der Waals surface area contributed by atoms with Crippen molar-refractivity contribution in [3.63, 3.8) is 0 Å². The molecular weight excluding hydrogens is 477 g/mol. The standard InChI is InChI=1S/C28H28FN3O5/c1-2-12-31-22-7-4-3-6-21(22)28(27(31)36)23(24(33)19-8-10-20(29)11-9-19)25(34)26(35)32(28)14-5-13-30-15-17-37-18-16-30/h2-4,6-11,33H,1,5,12-18H2. The lowest BCUT2D eigenvalue weighted by molar-refractivity contribution is -0.143. The van der Waals surface area contributed by atoms with Crippen LogP contribution in [0.5, 0.6) is 0 Å². The number of ketones is 1. The van der Waals surface area contributed by atoms with E-state index in [1.165, 1.54) is 21.9 Å². The number of likely N-dealkylation sites (tertiary alicyclic amines) is 1. The van der Waals surface area contributed by atoms with Gasteiger partial charge in [0.15, 0.2) is 5.54 Å². The highest BCUT2D eigenvalue weighted by molar-refractivity contribution is 6.50. The molecule has 2 aromatic rings. The molecule has 2 amide bonds. The Hall–Kier alpha value is -3.82. The first kappa shape index (κ1) is 24.9. The number of Topliss-reactive ketones (excluding diaryl/α,β-unsaturated/α-hetero) is 1. The van der Waals surface area contributed by atoms with E-state index in [4.69, 9.17) is 4.74 Å². The predicted molar refractivity (Wildman–Crippen MR) is 135 cm³/mol. The Morgan fingerprint density at radius 3 is 2.46 bits per heavy atom. The van der Waals surface area contributed by atoms with E-state index in [-0.39, 0.29) is 24.2 Å². The second kappa shape index (κ2) is 9.91. The van der Waals surface area contributed by atoms with Gasteiger partial charge >= 0.3 is 0 Å². The van der Waals surface area contributed by atoms with Gasteiger partial charge in [0.1, 0.15) is 11.6 Å². The Morgan fingerprint density at radius 1 is 1.05 bits per heavy atom. The number of hydrogen-bond acceptors (Lipinski definition) is 6. The Bertz CT molecular complexity index is 1280. The summed E-state index contributed by atoms with van der Waals surface area (Å²) < 4.78 is 19.0. The number of carbonyl (C=O) groups is 3. The zero-order valence-electron chi connectivity index (χ0n) is 20.4. The van der Waals surface area contributed by atoms with Gasteiger partial charge in [0.25, 0.3) is 17.6 Å². The molecule has 5 rings (SSSR count). The summed E-state index contributed by atoms with van der Waals surface area (Å²) in [5, 5.41) is 11.4. The highest BCUT2D eigenvalue weighted by Crippen LogP contribution is 2.53. The number of ether oxygens (including phenoxy) is 1. The fraction of sp³-hybridized carbons (Fsp3) is 0.321. The van der Waals surface area contributed by atoms with Crippen LogP contribution in [0.25, 0.3) is 5.76 Å². The molecule has 3 aliphatic rings. The van der Waals surface area contributed by atoms with Crippen molar-refractivity contribution in [3.8, 4) is 0 Å². The number of benzene rings is 2. The van der Waals surface area contributed by atoms with Crippen LogP contribution in [0.3, 0.4) is 0 Å². The molecule has 1 spiro atoms. The number of anilines is 1. The van der Waals surface area contributed by atoms with Crippen molar-refractivity contribution in [3.05, 3.63) is 83.7 Å². The minimum absolute atomic E-state index is 0.129. The van der Waals surface area contributed by atoms with E-state index in [0.717, 1.165) is 25.2 Å². The Balaban J connectivity index is 1.65. The summed E-state index contributed by atoms with van der Waals surface area (Å²) in [6, 6.07) is 11.9. The van der Waals surface area contributed by atoms with Crippen molar-refractivity contribution in [2.24, 2.45) is 0 Å². The fourth-order valence-electron chi connectivity index (χ4n) is 5.51. The van der Waals surface area contributed by atoms with Crippen LogP contribution in [-0.4, -0.2) is 78.4 Å². The third kappa shape index (κ3) is 3.95. The van der Waals surface area contributed by atoms with Gasteiger partial charge in [-0.3, -0.25) is 19.3 Å². The Labute approximate surface area is 214 Å². The maximum absolute atomic E-state index is 14.2. The van der Waals surface area contributed by atoms with Crippen LogP contribution in [-0.2, 0) is 24.7 Å². The average molecular weight is 506 g/mol. The molecule has 37 heavy (non-hydrogen) atoms. The van der Waals surface area contributed by atoms with Gasteiger partial charge in [0.2, 0.25) is 0 Å². The van der Waals surface area contributed by atoms with E-state index in [1.807, 2.05) is 0 Å². The SMILES string of the molecule is C=CCN1C(=O)C2(C(=C(O)c3ccc(F)cc3)C(=O)C(=O)N2CCCN2CCOCC2)c2ccccc21. The second-order valence-electron chi connectivity index (χ2n) is 9.26. The van der Waals surface area contributed by atoms with Crippen molar-refractivity contribution >= 4 is 29.0 Å². The minimum Gasteiger partial charge on any atom is -0.507 e. The molecule has 8 nitrogen and oxygen atoms in total. The van der Waals surface area contributed by atoms with E-state index in [2.05, 4.69) is 11.5 Å². The molecule has 1 unspecified atom stereocenters. The number of halogens is 1. The molecule has 0 aliphatic carbocycles. The van der Waals surface area contributed by atoms with E-state index < -0.39 is 34.7 Å². The minimum atomic E-state index is -1.84. The number of nitrogens with zero attached hydrogens (tertiary/aromatic N) is 3. The molecule has 0 aromatic heterocycles. The largest absolute Gasteiger partial charge is 0.507 e. The number of para-hydroxylation sites is 1. The van der Waals surface area contributed by atoms with Crippen LogP contribution in [0.1, 0.15) is 17.5 Å². The summed E-state index contributed by atoms with van der Waals surface area (Å²) in [5.41, 5.74) is -1.02. The molecular formula is C28H28FN3O5. The normalized spacial score (nSPS) is 23.2. The summed E-state index contributed by atoms with van der Waals surface area (Å²) in [7, 11) is 0. The first-order chi connectivity index (χ1) is 17.9. The van der Waals surface area contributed by atoms with Crippen molar-refractivity contribution in [1.82, 2.24) is 9.80 Å². The molecule has 2 saturated heterocycles. The number of amides is 2. The number of morpholine rings is 1. The predicted octanol–water partition coefficient (Wildman–Crippen LogP) is 2.66. The fourth-order valence-corrected chi connectivity index (χ4v) is 5.51. The molecule has 1 N–H and O–H groups in total. The lowest BCUT2D eigenvalue weighted by Crippen LogP contribution is -2.52. The maximum Gasteiger partial charge on any atom is 0.296 e. The monoisotopic (exact) mass is 505 g/mol. The lowest BCUT2D eigenvalue weighted by Gasteiger charge is -2.35. The number of rotatable bonds is 7. The van der Waals surface area contributed by atoms with Gasteiger partial charge in [-0.15, -0.1) is 6.58 Å². The maximum atomic E-state index is 14.2. The summed E-state index contributed by atoms with van der Waals surface area (Å²) in [6.07, 6.45) is 2.08. The first-order valence-electron chi connectivity index (χ1n) is 12.3. The van der Waals surface area contributed by atoms with Gasteiger partial charge in [0, 0.05) is 43.9 Å². The number of aliphatic hydroxyl groups is 1. The van der Waals surface area contributed by atoms with Crippen molar-refractivity contribution in [2.75, 3.05) is 50.8 Å². The molecule has 0 saturated carbocycles. The molecule has 0 bridgehead atoms. The molecule has 2 fully saturated rings. The van der Waals surface area contributed by atoms with Crippen molar-refractivity contribution < 1.29 is 28.6 Å². The van der Waals surface area contributed by atoms with Crippen LogP contribution >= 0.6 is 0 Å². The third-order valence-corrected chi connectivity index (χ3v) is 7.20.